The smallest absolute Gasteiger partial charge is 0.220 e. The molecule has 11 aromatic rings. The van der Waals surface area contributed by atoms with Gasteiger partial charge in [0.2, 0.25) is 5.78 Å². The molecule has 0 fully saturated rings. The Hall–Kier alpha value is -7.17. The highest BCUT2D eigenvalue weighted by molar-refractivity contribution is 6.13. The summed E-state index contributed by atoms with van der Waals surface area (Å²) in [5.74, 6) is 0.907. The number of fused-ring (bicyclic) bond motifs is 18. The van der Waals surface area contributed by atoms with Gasteiger partial charge in [0, 0.05) is 16.5 Å². The molecule has 13 rings (SSSR count). The van der Waals surface area contributed by atoms with Crippen LogP contribution in [0, 0.1) is 0 Å². The maximum Gasteiger partial charge on any atom is 0.220 e. The molecule has 3 aromatic heterocycles. The number of benzene rings is 8. The Morgan fingerprint density at radius 3 is 1.67 bits per heavy atom. The molecule has 3 heterocycles. The van der Waals surface area contributed by atoms with Crippen LogP contribution >= 0.6 is 0 Å². The minimum atomic E-state index is -0.421. The van der Waals surface area contributed by atoms with E-state index in [2.05, 4.69) is 196 Å². The molecule has 1 spiro atoms. The standard InChI is InChI=1S/C50H30N4/c1-5-19-38-32(14-1)33-15-2-6-20-39(33)50(38)40-21-7-3-16-34(40)35-29-28-31(30-41(35)50)52-43-23-9-4-17-36(43)37-18-13-27-47(48(37)52)54-46-26-12-11-25-45(46)53-44-24-10-8-22-42(44)51-49(53)54/h1-30H. The van der Waals surface area contributed by atoms with E-state index in [9.17, 15) is 0 Å². The summed E-state index contributed by atoms with van der Waals surface area (Å²) in [5, 5.41) is 2.44. The maximum atomic E-state index is 5.27. The average molecular weight is 687 g/mol. The van der Waals surface area contributed by atoms with Crippen LogP contribution in [0.25, 0.3) is 83.3 Å². The van der Waals surface area contributed by atoms with Gasteiger partial charge in [-0.2, -0.15) is 0 Å². The lowest BCUT2D eigenvalue weighted by molar-refractivity contribution is 0.792. The van der Waals surface area contributed by atoms with Crippen LogP contribution in [0.3, 0.4) is 0 Å². The molecule has 54 heavy (non-hydrogen) atoms. The SMILES string of the molecule is c1ccc2c(c1)-c1ccccc1C21c2ccccc2-c2ccc(-n3c4ccccc4c4cccc(-n5c6ccccc6n6c7ccccc7nc56)c43)cc21. The molecule has 0 unspecified atom stereocenters. The van der Waals surface area contributed by atoms with Crippen molar-refractivity contribution in [1.29, 1.82) is 0 Å². The predicted molar refractivity (Wildman–Crippen MR) is 220 cm³/mol. The zero-order chi connectivity index (χ0) is 35.1. The van der Waals surface area contributed by atoms with E-state index in [4.69, 9.17) is 4.98 Å². The van der Waals surface area contributed by atoms with E-state index in [1.54, 1.807) is 0 Å². The molecule has 4 nitrogen and oxygen atoms in total. The van der Waals surface area contributed by atoms with E-state index in [-0.39, 0.29) is 0 Å². The van der Waals surface area contributed by atoms with Gasteiger partial charge in [-0.1, -0.05) is 133 Å². The van der Waals surface area contributed by atoms with Crippen LogP contribution in [0.5, 0.6) is 0 Å². The Morgan fingerprint density at radius 1 is 0.389 bits per heavy atom. The van der Waals surface area contributed by atoms with Gasteiger partial charge < -0.3 is 4.57 Å². The number of imidazole rings is 2. The van der Waals surface area contributed by atoms with Crippen LogP contribution < -0.4 is 0 Å². The van der Waals surface area contributed by atoms with Crippen molar-refractivity contribution in [3.05, 3.63) is 204 Å². The molecule has 2 aliphatic rings. The predicted octanol–water partition coefficient (Wildman–Crippen LogP) is 11.9. The van der Waals surface area contributed by atoms with E-state index in [0.717, 1.165) is 44.7 Å². The molecule has 0 saturated heterocycles. The molecule has 0 amide bonds. The van der Waals surface area contributed by atoms with Crippen molar-refractivity contribution in [2.45, 2.75) is 5.41 Å². The molecular weight excluding hydrogens is 657 g/mol. The molecule has 2 aliphatic carbocycles. The maximum absolute atomic E-state index is 5.27. The monoisotopic (exact) mass is 686 g/mol. The highest BCUT2D eigenvalue weighted by Gasteiger charge is 2.51. The first-order chi connectivity index (χ1) is 26.8. The molecule has 0 bridgehead atoms. The van der Waals surface area contributed by atoms with Gasteiger partial charge in [-0.25, -0.2) is 4.98 Å². The summed E-state index contributed by atoms with van der Waals surface area (Å²) >= 11 is 0. The fourth-order valence-corrected chi connectivity index (χ4v) is 10.3. The summed E-state index contributed by atoms with van der Waals surface area (Å²) in [6.07, 6.45) is 0. The van der Waals surface area contributed by atoms with Crippen LogP contribution in [0.2, 0.25) is 0 Å². The summed E-state index contributed by atoms with van der Waals surface area (Å²) in [5.41, 5.74) is 19.1. The number of nitrogens with zero attached hydrogens (tertiary/aromatic N) is 4. The Kier molecular flexibility index (Phi) is 5.28. The first kappa shape index (κ1) is 28.4. The van der Waals surface area contributed by atoms with Crippen LogP contribution in [-0.2, 0) is 5.41 Å². The van der Waals surface area contributed by atoms with Crippen LogP contribution in [-0.4, -0.2) is 18.5 Å². The van der Waals surface area contributed by atoms with Crippen molar-refractivity contribution in [3.8, 4) is 33.6 Å². The molecule has 0 atom stereocenters. The highest BCUT2D eigenvalue weighted by atomic mass is 15.2. The van der Waals surface area contributed by atoms with Gasteiger partial charge in [0.15, 0.2) is 0 Å². The zero-order valence-electron chi connectivity index (χ0n) is 29.1. The van der Waals surface area contributed by atoms with Gasteiger partial charge in [0.1, 0.15) is 0 Å². The Bertz CT molecular complexity index is 3340. The van der Waals surface area contributed by atoms with E-state index < -0.39 is 5.41 Å². The van der Waals surface area contributed by atoms with Gasteiger partial charge in [0.05, 0.1) is 44.2 Å². The van der Waals surface area contributed by atoms with Crippen LogP contribution in [0.15, 0.2) is 182 Å². The number of hydrogen-bond donors (Lipinski definition) is 0. The molecular formula is C50H30N4. The first-order valence-corrected chi connectivity index (χ1v) is 18.7. The number of aromatic nitrogens is 4. The van der Waals surface area contributed by atoms with E-state index in [1.165, 1.54) is 60.8 Å². The lowest BCUT2D eigenvalue weighted by Crippen LogP contribution is -2.26. The zero-order valence-corrected chi connectivity index (χ0v) is 29.1. The minimum Gasteiger partial charge on any atom is -0.307 e. The molecule has 4 heteroatoms. The number of rotatable bonds is 2. The third kappa shape index (κ3) is 3.29. The van der Waals surface area contributed by atoms with Crippen LogP contribution in [0.1, 0.15) is 22.3 Å². The average Bonchev–Trinajstić information content (AvgIpc) is 4.01. The molecule has 0 radical (unpaired) electrons. The molecule has 0 saturated carbocycles. The first-order valence-electron chi connectivity index (χ1n) is 18.7. The molecule has 0 N–H and O–H groups in total. The topological polar surface area (TPSA) is 27.2 Å². The van der Waals surface area contributed by atoms with Gasteiger partial charge in [0.25, 0.3) is 0 Å². The largest absolute Gasteiger partial charge is 0.307 e. The molecule has 250 valence electrons. The Morgan fingerprint density at radius 2 is 0.944 bits per heavy atom. The van der Waals surface area contributed by atoms with Crippen molar-refractivity contribution < 1.29 is 0 Å². The lowest BCUT2D eigenvalue weighted by atomic mass is 9.70. The highest BCUT2D eigenvalue weighted by Crippen LogP contribution is 2.63. The lowest BCUT2D eigenvalue weighted by Gasteiger charge is -2.30. The quantitative estimate of drug-likeness (QED) is 0.178. The Balaban J connectivity index is 1.16. The van der Waals surface area contributed by atoms with Crippen LogP contribution in [0.4, 0.5) is 0 Å². The van der Waals surface area contributed by atoms with Crippen molar-refractivity contribution in [2.75, 3.05) is 0 Å². The van der Waals surface area contributed by atoms with Crippen molar-refractivity contribution in [2.24, 2.45) is 0 Å². The fraction of sp³-hybridized carbons (Fsp3) is 0.0200. The summed E-state index contributed by atoms with van der Waals surface area (Å²) in [4.78, 5) is 5.27. The summed E-state index contributed by atoms with van der Waals surface area (Å²) in [7, 11) is 0. The summed E-state index contributed by atoms with van der Waals surface area (Å²) in [6.45, 7) is 0. The van der Waals surface area contributed by atoms with Crippen molar-refractivity contribution >= 4 is 49.7 Å². The fourth-order valence-electron chi connectivity index (χ4n) is 10.3. The Labute approximate surface area is 310 Å². The second-order valence-electron chi connectivity index (χ2n) is 14.7. The summed E-state index contributed by atoms with van der Waals surface area (Å²) in [6, 6.07) is 67.0. The normalized spacial score (nSPS) is 13.7. The third-order valence-corrected chi connectivity index (χ3v) is 12.3. The summed E-state index contributed by atoms with van der Waals surface area (Å²) < 4.78 is 7.17. The number of hydrogen-bond acceptors (Lipinski definition) is 1. The minimum absolute atomic E-state index is 0.421. The van der Waals surface area contributed by atoms with Crippen molar-refractivity contribution in [3.63, 3.8) is 0 Å². The third-order valence-electron chi connectivity index (χ3n) is 12.3. The van der Waals surface area contributed by atoms with Crippen molar-refractivity contribution in [1.82, 2.24) is 18.5 Å². The molecule has 8 aromatic carbocycles. The second kappa shape index (κ2) is 10.0. The second-order valence-corrected chi connectivity index (χ2v) is 14.7. The molecule has 0 aliphatic heterocycles. The van der Waals surface area contributed by atoms with E-state index in [0.29, 0.717) is 0 Å². The van der Waals surface area contributed by atoms with Gasteiger partial charge in [-0.15, -0.1) is 0 Å². The van der Waals surface area contributed by atoms with Gasteiger partial charge in [-0.05, 0) is 93.0 Å². The van der Waals surface area contributed by atoms with Gasteiger partial charge in [-0.3, -0.25) is 8.97 Å². The van der Waals surface area contributed by atoms with Gasteiger partial charge >= 0.3 is 0 Å². The van der Waals surface area contributed by atoms with E-state index >= 15 is 0 Å². The van der Waals surface area contributed by atoms with E-state index in [1.807, 2.05) is 0 Å². The number of para-hydroxylation sites is 6.